The maximum absolute atomic E-state index is 13.4. The molecule has 176 valence electrons. The molecule has 6 nitrogen and oxygen atoms in total. The molecule has 1 aliphatic heterocycles. The Morgan fingerprint density at radius 2 is 1.73 bits per heavy atom. The van der Waals surface area contributed by atoms with Crippen LogP contribution in [0, 0.1) is 11.7 Å². The van der Waals surface area contributed by atoms with E-state index >= 15 is 0 Å². The normalized spacial score (nSPS) is 19.7. The van der Waals surface area contributed by atoms with E-state index < -0.39 is 27.6 Å². The van der Waals surface area contributed by atoms with Crippen LogP contribution in [0.25, 0.3) is 0 Å². The number of aromatic nitrogens is 2. The number of imidazole rings is 1. The summed E-state index contributed by atoms with van der Waals surface area (Å²) in [6.45, 7) is 0.695. The van der Waals surface area contributed by atoms with Crippen LogP contribution in [-0.2, 0) is 23.2 Å². The first kappa shape index (κ1) is 23.2. The highest BCUT2D eigenvalue weighted by Crippen LogP contribution is 2.36. The summed E-state index contributed by atoms with van der Waals surface area (Å²) in [4.78, 5) is 3.96. The van der Waals surface area contributed by atoms with E-state index in [9.17, 15) is 26.0 Å². The average Bonchev–Trinajstić information content (AvgIpc) is 3.40. The molecular weight excluding hydrogens is 460 g/mol. The summed E-state index contributed by atoms with van der Waals surface area (Å²) in [6.07, 6.45) is -1.59. The molecule has 0 aliphatic carbocycles. The lowest BCUT2D eigenvalue weighted by molar-refractivity contribution is -0.137. The van der Waals surface area contributed by atoms with Crippen molar-refractivity contribution in [3.05, 3.63) is 78.0 Å². The molecule has 0 saturated carbocycles. The summed E-state index contributed by atoms with van der Waals surface area (Å²) in [5.41, 5.74) is 0.534. The fraction of sp³-hybridized carbons (Fsp3) is 0.318. The van der Waals surface area contributed by atoms with Crippen molar-refractivity contribution in [2.75, 3.05) is 25.0 Å². The third-order valence-corrected chi connectivity index (χ3v) is 7.49. The van der Waals surface area contributed by atoms with Crippen LogP contribution >= 0.6 is 0 Å². The number of hydrogen-bond donors (Lipinski definition) is 1. The Bertz CT molecular complexity index is 1210. The van der Waals surface area contributed by atoms with Gasteiger partial charge in [0, 0.05) is 44.5 Å². The molecule has 11 heteroatoms. The van der Waals surface area contributed by atoms with Crippen molar-refractivity contribution in [1.82, 2.24) is 13.9 Å². The van der Waals surface area contributed by atoms with E-state index in [2.05, 4.69) is 10.3 Å². The molecule has 1 saturated heterocycles. The van der Waals surface area contributed by atoms with E-state index in [0.29, 0.717) is 12.2 Å². The highest BCUT2D eigenvalue weighted by Gasteiger charge is 2.40. The Balaban J connectivity index is 1.55. The van der Waals surface area contributed by atoms with Gasteiger partial charge in [-0.05, 0) is 47.9 Å². The summed E-state index contributed by atoms with van der Waals surface area (Å²) in [7, 11) is -2.16. The van der Waals surface area contributed by atoms with Gasteiger partial charge in [-0.15, -0.1) is 0 Å². The maximum Gasteiger partial charge on any atom is 0.416 e. The van der Waals surface area contributed by atoms with Gasteiger partial charge in [-0.1, -0.05) is 12.1 Å². The zero-order valence-electron chi connectivity index (χ0n) is 17.6. The number of sulfonamides is 1. The van der Waals surface area contributed by atoms with Crippen LogP contribution in [0.15, 0.2) is 66.1 Å². The molecule has 1 fully saturated rings. The van der Waals surface area contributed by atoms with Gasteiger partial charge in [0.1, 0.15) is 5.82 Å². The van der Waals surface area contributed by atoms with Gasteiger partial charge in [-0.3, -0.25) is 0 Å². The smallest absolute Gasteiger partial charge is 0.385 e. The second-order valence-corrected chi connectivity index (χ2v) is 9.96. The number of nitrogens with zero attached hydrogens (tertiary/aromatic N) is 3. The molecule has 0 bridgehead atoms. The predicted molar refractivity (Wildman–Crippen MR) is 115 cm³/mol. The van der Waals surface area contributed by atoms with Gasteiger partial charge in [0.05, 0.1) is 11.9 Å². The number of alkyl halides is 3. The van der Waals surface area contributed by atoms with E-state index in [0.717, 1.165) is 17.7 Å². The Labute approximate surface area is 188 Å². The highest BCUT2D eigenvalue weighted by atomic mass is 32.2. The Morgan fingerprint density at radius 3 is 2.30 bits per heavy atom. The fourth-order valence-electron chi connectivity index (χ4n) is 4.00. The number of nitrogens with one attached hydrogen (secondary N) is 1. The third kappa shape index (κ3) is 5.03. The molecule has 0 spiro atoms. The maximum atomic E-state index is 13.4. The van der Waals surface area contributed by atoms with Crippen molar-refractivity contribution in [2.45, 2.75) is 17.1 Å². The van der Waals surface area contributed by atoms with E-state index in [-0.39, 0.29) is 30.0 Å². The van der Waals surface area contributed by atoms with Gasteiger partial charge in [-0.2, -0.15) is 17.5 Å². The predicted octanol–water partition coefficient (Wildman–Crippen LogP) is 4.09. The molecule has 2 aromatic carbocycles. The van der Waals surface area contributed by atoms with Crippen LogP contribution in [0.4, 0.5) is 23.2 Å². The molecule has 2 heterocycles. The van der Waals surface area contributed by atoms with E-state index in [1.165, 1.54) is 41.1 Å². The van der Waals surface area contributed by atoms with Gasteiger partial charge in [-0.25, -0.2) is 17.8 Å². The Hall–Kier alpha value is -2.92. The standard InChI is InChI=1S/C22H22F4N4O2S/c1-29-13-21(28-14-29)33(31,32)30-11-16(20(12-30)15-2-6-18(23)7-3-15)10-27-19-8-4-17(5-9-19)22(24,25)26/h2-9,13-14,16,20,27H,10-12H2,1H3/t16-,20+/m0/s1. The fourth-order valence-corrected chi connectivity index (χ4v) is 5.49. The monoisotopic (exact) mass is 482 g/mol. The first-order chi connectivity index (χ1) is 15.5. The summed E-state index contributed by atoms with van der Waals surface area (Å²) in [5.74, 6) is -0.823. The van der Waals surface area contributed by atoms with Crippen LogP contribution in [0.5, 0.6) is 0 Å². The number of aryl methyl sites for hydroxylation is 1. The SMILES string of the molecule is Cn1cnc(S(=O)(=O)N2C[C@H](CNc3ccc(C(F)(F)F)cc3)[C@@H](c3ccc(F)cc3)C2)c1. The van der Waals surface area contributed by atoms with Gasteiger partial charge in [0.25, 0.3) is 10.0 Å². The third-order valence-electron chi connectivity index (χ3n) is 5.77. The number of halogens is 4. The topological polar surface area (TPSA) is 67.2 Å². The van der Waals surface area contributed by atoms with E-state index in [4.69, 9.17) is 0 Å². The number of anilines is 1. The van der Waals surface area contributed by atoms with Crippen LogP contribution in [-0.4, -0.2) is 41.9 Å². The van der Waals surface area contributed by atoms with Crippen molar-refractivity contribution in [1.29, 1.82) is 0 Å². The summed E-state index contributed by atoms with van der Waals surface area (Å²) >= 11 is 0. The molecule has 2 atom stereocenters. The molecular formula is C22H22F4N4O2S. The van der Waals surface area contributed by atoms with Gasteiger partial charge >= 0.3 is 6.18 Å². The minimum absolute atomic E-state index is 0.0563. The second kappa shape index (κ2) is 8.79. The quantitative estimate of drug-likeness (QED) is 0.538. The highest BCUT2D eigenvalue weighted by molar-refractivity contribution is 7.89. The van der Waals surface area contributed by atoms with Crippen molar-refractivity contribution in [3.63, 3.8) is 0 Å². The zero-order valence-corrected chi connectivity index (χ0v) is 18.4. The summed E-state index contributed by atoms with van der Waals surface area (Å²) in [6, 6.07) is 10.6. The molecule has 0 radical (unpaired) electrons. The average molecular weight is 483 g/mol. The van der Waals surface area contributed by atoms with Crippen LogP contribution < -0.4 is 5.32 Å². The molecule has 3 aromatic rings. The zero-order chi connectivity index (χ0) is 23.8. The van der Waals surface area contributed by atoms with Crippen molar-refractivity contribution in [2.24, 2.45) is 13.0 Å². The number of rotatable bonds is 6. The van der Waals surface area contributed by atoms with Gasteiger partial charge < -0.3 is 9.88 Å². The second-order valence-electron chi connectivity index (χ2n) is 8.07. The van der Waals surface area contributed by atoms with Crippen LogP contribution in [0.2, 0.25) is 0 Å². The first-order valence-electron chi connectivity index (χ1n) is 10.2. The molecule has 0 unspecified atom stereocenters. The van der Waals surface area contributed by atoms with Gasteiger partial charge in [0.15, 0.2) is 5.03 Å². The van der Waals surface area contributed by atoms with Crippen LogP contribution in [0.3, 0.4) is 0 Å². The molecule has 0 amide bonds. The van der Waals surface area contributed by atoms with E-state index in [1.807, 2.05) is 0 Å². The minimum Gasteiger partial charge on any atom is -0.385 e. The lowest BCUT2D eigenvalue weighted by Gasteiger charge is -2.20. The van der Waals surface area contributed by atoms with Crippen molar-refractivity contribution < 1.29 is 26.0 Å². The summed E-state index contributed by atoms with van der Waals surface area (Å²) < 4.78 is 80.9. The Kier molecular flexibility index (Phi) is 6.19. The van der Waals surface area contributed by atoms with Crippen molar-refractivity contribution in [3.8, 4) is 0 Å². The van der Waals surface area contributed by atoms with Gasteiger partial charge in [0.2, 0.25) is 0 Å². The lowest BCUT2D eigenvalue weighted by atomic mass is 9.89. The molecule has 4 rings (SSSR count). The number of hydrogen-bond acceptors (Lipinski definition) is 4. The molecule has 1 aliphatic rings. The van der Waals surface area contributed by atoms with E-state index in [1.54, 1.807) is 23.7 Å². The lowest BCUT2D eigenvalue weighted by Crippen LogP contribution is -2.30. The summed E-state index contributed by atoms with van der Waals surface area (Å²) in [5, 5.41) is 3.05. The van der Waals surface area contributed by atoms with Crippen LogP contribution in [0.1, 0.15) is 17.0 Å². The first-order valence-corrected chi connectivity index (χ1v) is 11.6. The Morgan fingerprint density at radius 1 is 1.06 bits per heavy atom. The largest absolute Gasteiger partial charge is 0.416 e. The molecule has 1 aromatic heterocycles. The minimum atomic E-state index is -4.42. The molecule has 1 N–H and O–H groups in total. The number of benzene rings is 2. The molecule has 33 heavy (non-hydrogen) atoms. The van der Waals surface area contributed by atoms with Crippen molar-refractivity contribution >= 4 is 15.7 Å².